The Morgan fingerprint density at radius 2 is 1.62 bits per heavy atom. The molecule has 2 aromatic rings. The number of benzene rings is 2. The summed E-state index contributed by atoms with van der Waals surface area (Å²) in [5.74, 6) is 0.883. The molecule has 24 heavy (non-hydrogen) atoms. The first-order valence-electron chi connectivity index (χ1n) is 8.42. The number of rotatable bonds is 2. The Kier molecular flexibility index (Phi) is 3.57. The zero-order valence-corrected chi connectivity index (χ0v) is 14.1. The zero-order valence-electron chi connectivity index (χ0n) is 14.1. The first kappa shape index (κ1) is 15.2. The van der Waals surface area contributed by atoms with Crippen molar-refractivity contribution in [2.24, 2.45) is 0 Å². The van der Waals surface area contributed by atoms with Gasteiger partial charge >= 0.3 is 5.97 Å². The molecule has 1 atom stereocenters. The fraction of sp³-hybridized carbons (Fsp3) is 0.350. The minimum Gasteiger partial charge on any atom is -0.457 e. The predicted octanol–water partition coefficient (Wildman–Crippen LogP) is 3.32. The quantitative estimate of drug-likeness (QED) is 0.628. The number of para-hydroxylation sites is 2. The first-order chi connectivity index (χ1) is 11.5. The maximum Gasteiger partial charge on any atom is 0.318 e. The van der Waals surface area contributed by atoms with Gasteiger partial charge < -0.3 is 14.0 Å². The average molecular weight is 324 g/mol. The van der Waals surface area contributed by atoms with E-state index in [4.69, 9.17) is 9.47 Å². The summed E-state index contributed by atoms with van der Waals surface area (Å²) < 4.78 is 12.7. The molecule has 0 N–H and O–H groups in total. The van der Waals surface area contributed by atoms with Gasteiger partial charge in [0.25, 0.3) is 0 Å². The Morgan fingerprint density at radius 3 is 2.17 bits per heavy atom. The van der Waals surface area contributed by atoms with Crippen molar-refractivity contribution in [2.75, 3.05) is 27.2 Å². The molecule has 0 bridgehead atoms. The normalized spacial score (nSPS) is 21.5. The second kappa shape index (κ2) is 5.64. The second-order valence-corrected chi connectivity index (χ2v) is 7.30. The number of ether oxygens (including phenoxy) is 2. The molecule has 4 nitrogen and oxygen atoms in total. The third-order valence-corrected chi connectivity index (χ3v) is 4.95. The van der Waals surface area contributed by atoms with Crippen LogP contribution in [0.1, 0.15) is 23.5 Å². The number of carbonyl (C=O) groups is 1. The predicted molar refractivity (Wildman–Crippen MR) is 91.1 cm³/mol. The molecular weight excluding hydrogens is 302 g/mol. The molecule has 0 aromatic heterocycles. The highest BCUT2D eigenvalue weighted by atomic mass is 16.5. The van der Waals surface area contributed by atoms with Crippen LogP contribution in [0.4, 0.5) is 0 Å². The van der Waals surface area contributed by atoms with Crippen molar-refractivity contribution < 1.29 is 18.8 Å². The van der Waals surface area contributed by atoms with Gasteiger partial charge in [-0.25, -0.2) is 0 Å². The summed E-state index contributed by atoms with van der Waals surface area (Å²) in [4.78, 5) is 13.0. The molecule has 4 rings (SSSR count). The smallest absolute Gasteiger partial charge is 0.318 e. The lowest BCUT2D eigenvalue weighted by Gasteiger charge is -2.28. The standard InChI is InChI=1S/C20H22NO3/c1-21(2)12-11-14(13-21)23-20(22)19-15-7-3-5-9-17(15)24-18-10-6-4-8-16(18)19/h3-10,14,19H,11-13H2,1-2H3/q+1. The largest absolute Gasteiger partial charge is 0.457 e. The fourth-order valence-electron chi connectivity index (χ4n) is 3.72. The van der Waals surface area contributed by atoms with E-state index in [2.05, 4.69) is 14.1 Å². The number of likely N-dealkylation sites (N-methyl/N-ethyl adjacent to an activating group) is 1. The molecule has 0 saturated carbocycles. The highest BCUT2D eigenvalue weighted by Crippen LogP contribution is 2.44. The van der Waals surface area contributed by atoms with E-state index >= 15 is 0 Å². The van der Waals surface area contributed by atoms with E-state index in [0.29, 0.717) is 0 Å². The Labute approximate surface area is 142 Å². The van der Waals surface area contributed by atoms with Gasteiger partial charge in [0, 0.05) is 17.5 Å². The summed E-state index contributed by atoms with van der Waals surface area (Å²) in [6, 6.07) is 15.4. The van der Waals surface area contributed by atoms with Gasteiger partial charge in [-0.05, 0) is 12.1 Å². The number of nitrogens with zero attached hydrogens (tertiary/aromatic N) is 1. The number of fused-ring (bicyclic) bond motifs is 2. The summed E-state index contributed by atoms with van der Waals surface area (Å²) in [5, 5.41) is 0. The summed E-state index contributed by atoms with van der Waals surface area (Å²) in [5.41, 5.74) is 1.76. The molecule has 2 aliphatic rings. The Bertz CT molecular complexity index is 738. The topological polar surface area (TPSA) is 35.5 Å². The lowest BCUT2D eigenvalue weighted by Crippen LogP contribution is -2.38. The highest BCUT2D eigenvalue weighted by molar-refractivity contribution is 5.85. The summed E-state index contributed by atoms with van der Waals surface area (Å²) in [6.45, 7) is 1.91. The monoisotopic (exact) mass is 324 g/mol. The van der Waals surface area contributed by atoms with Crippen molar-refractivity contribution in [3.05, 3.63) is 59.7 Å². The van der Waals surface area contributed by atoms with E-state index in [0.717, 1.165) is 46.6 Å². The minimum absolute atomic E-state index is 0.00494. The van der Waals surface area contributed by atoms with Crippen LogP contribution in [0.2, 0.25) is 0 Å². The van der Waals surface area contributed by atoms with Gasteiger partial charge in [0.05, 0.1) is 20.6 Å². The highest BCUT2D eigenvalue weighted by Gasteiger charge is 2.38. The van der Waals surface area contributed by atoms with Gasteiger partial charge in [-0.1, -0.05) is 36.4 Å². The van der Waals surface area contributed by atoms with Gasteiger partial charge in [-0.3, -0.25) is 4.79 Å². The Morgan fingerprint density at radius 1 is 1.04 bits per heavy atom. The molecule has 1 saturated heterocycles. The molecule has 0 aliphatic carbocycles. The third kappa shape index (κ3) is 2.67. The van der Waals surface area contributed by atoms with Crippen LogP contribution in [0.5, 0.6) is 11.5 Å². The van der Waals surface area contributed by atoms with E-state index in [1.807, 2.05) is 48.5 Å². The lowest BCUT2D eigenvalue weighted by molar-refractivity contribution is -0.879. The number of hydrogen-bond donors (Lipinski definition) is 0. The minimum atomic E-state index is -0.414. The molecule has 1 unspecified atom stereocenters. The maximum absolute atomic E-state index is 13.0. The van der Waals surface area contributed by atoms with Gasteiger partial charge in [0.1, 0.15) is 24.0 Å². The van der Waals surface area contributed by atoms with Crippen LogP contribution in [0.15, 0.2) is 48.5 Å². The summed E-state index contributed by atoms with van der Waals surface area (Å²) in [6.07, 6.45) is 0.917. The average Bonchev–Trinajstić information content (AvgIpc) is 2.91. The third-order valence-electron chi connectivity index (χ3n) is 4.95. The first-order valence-corrected chi connectivity index (χ1v) is 8.42. The van der Waals surface area contributed by atoms with E-state index in [1.165, 1.54) is 0 Å². The van der Waals surface area contributed by atoms with Crippen molar-refractivity contribution in [3.63, 3.8) is 0 Å². The van der Waals surface area contributed by atoms with Crippen LogP contribution < -0.4 is 4.74 Å². The number of carbonyl (C=O) groups excluding carboxylic acids is 1. The molecule has 4 heteroatoms. The van der Waals surface area contributed by atoms with Crippen LogP contribution in [-0.4, -0.2) is 43.7 Å². The molecule has 1 fully saturated rings. The molecule has 0 radical (unpaired) electrons. The molecule has 0 amide bonds. The van der Waals surface area contributed by atoms with Crippen LogP contribution >= 0.6 is 0 Å². The van der Waals surface area contributed by atoms with Crippen LogP contribution in [-0.2, 0) is 9.53 Å². The van der Waals surface area contributed by atoms with E-state index < -0.39 is 5.92 Å². The van der Waals surface area contributed by atoms with Crippen molar-refractivity contribution in [1.82, 2.24) is 0 Å². The number of likely N-dealkylation sites (tertiary alicyclic amines) is 1. The van der Waals surface area contributed by atoms with Crippen LogP contribution in [0.25, 0.3) is 0 Å². The molecule has 0 spiro atoms. The van der Waals surface area contributed by atoms with Gasteiger partial charge in [-0.15, -0.1) is 0 Å². The molecule has 2 heterocycles. The van der Waals surface area contributed by atoms with Crippen LogP contribution in [0.3, 0.4) is 0 Å². The van der Waals surface area contributed by atoms with Gasteiger partial charge in [0.2, 0.25) is 0 Å². The lowest BCUT2D eigenvalue weighted by atomic mass is 9.88. The summed E-state index contributed by atoms with van der Waals surface area (Å²) >= 11 is 0. The molecular formula is C20H22NO3+. The fourth-order valence-corrected chi connectivity index (χ4v) is 3.72. The second-order valence-electron chi connectivity index (χ2n) is 7.30. The van der Waals surface area contributed by atoms with E-state index in [-0.39, 0.29) is 12.1 Å². The van der Waals surface area contributed by atoms with Crippen molar-refractivity contribution in [2.45, 2.75) is 18.4 Å². The van der Waals surface area contributed by atoms with Gasteiger partial charge in [-0.2, -0.15) is 0 Å². The summed E-state index contributed by atoms with van der Waals surface area (Å²) in [7, 11) is 4.35. The van der Waals surface area contributed by atoms with E-state index in [1.54, 1.807) is 0 Å². The van der Waals surface area contributed by atoms with Crippen LogP contribution in [0, 0.1) is 0 Å². The number of hydrogen-bond acceptors (Lipinski definition) is 3. The number of esters is 1. The van der Waals surface area contributed by atoms with Crippen molar-refractivity contribution in [3.8, 4) is 11.5 Å². The maximum atomic E-state index is 13.0. The molecule has 2 aliphatic heterocycles. The Balaban J connectivity index is 1.66. The number of quaternary nitrogens is 1. The van der Waals surface area contributed by atoms with Gasteiger partial charge in [0.15, 0.2) is 6.10 Å². The van der Waals surface area contributed by atoms with Crippen molar-refractivity contribution >= 4 is 5.97 Å². The van der Waals surface area contributed by atoms with Crippen molar-refractivity contribution in [1.29, 1.82) is 0 Å². The Hall–Kier alpha value is -2.33. The molecule has 124 valence electrons. The SMILES string of the molecule is C[N+]1(C)CCC(OC(=O)C2c3ccccc3Oc3ccccc32)C1. The zero-order chi connectivity index (χ0) is 16.7. The van der Waals surface area contributed by atoms with E-state index in [9.17, 15) is 4.79 Å². The molecule has 2 aromatic carbocycles.